The lowest BCUT2D eigenvalue weighted by Gasteiger charge is -2.15. The Kier molecular flexibility index (Phi) is 4.90. The predicted molar refractivity (Wildman–Crippen MR) is 58.3 cm³/mol. The van der Waals surface area contributed by atoms with Crippen LogP contribution < -0.4 is 5.32 Å². The maximum Gasteiger partial charge on any atom is 0.222 e. The summed E-state index contributed by atoms with van der Waals surface area (Å²) in [5, 5.41) is 3.02. The highest BCUT2D eigenvalue weighted by Gasteiger charge is 2.09. The van der Waals surface area contributed by atoms with Crippen LogP contribution in [0.15, 0.2) is 22.8 Å². The molecule has 0 aliphatic rings. The third-order valence-corrected chi connectivity index (χ3v) is 2.22. The summed E-state index contributed by atoms with van der Waals surface area (Å²) in [6.45, 7) is 1.42. The van der Waals surface area contributed by atoms with Crippen molar-refractivity contribution in [3.05, 3.63) is 24.2 Å². The third-order valence-electron chi connectivity index (χ3n) is 2.22. The molecule has 0 aliphatic heterocycles. The van der Waals surface area contributed by atoms with Gasteiger partial charge in [-0.2, -0.15) is 0 Å². The van der Waals surface area contributed by atoms with Gasteiger partial charge in [-0.1, -0.05) is 0 Å². The molecule has 0 fully saturated rings. The molecule has 0 aliphatic carbocycles. The number of carbonyl (C=O) groups excluding carboxylic acids is 1. The molecule has 1 amide bonds. The quantitative estimate of drug-likeness (QED) is 0.718. The summed E-state index contributed by atoms with van der Waals surface area (Å²) in [5.74, 6) is 0.973. The van der Waals surface area contributed by atoms with Gasteiger partial charge in [0, 0.05) is 13.5 Å². The fourth-order valence-electron chi connectivity index (χ4n) is 1.33. The van der Waals surface area contributed by atoms with Crippen LogP contribution in [0, 0.1) is 0 Å². The zero-order valence-corrected chi connectivity index (χ0v) is 9.32. The van der Waals surface area contributed by atoms with Crippen LogP contribution in [0.1, 0.15) is 18.6 Å². The summed E-state index contributed by atoms with van der Waals surface area (Å²) in [6.07, 6.45) is 3.07. The summed E-state index contributed by atoms with van der Waals surface area (Å²) < 4.78 is 5.17. The minimum absolute atomic E-state index is 0.154. The Morgan fingerprint density at radius 1 is 1.60 bits per heavy atom. The number of hydrogen-bond donors (Lipinski definition) is 1. The van der Waals surface area contributed by atoms with Gasteiger partial charge in [-0.05, 0) is 32.1 Å². The van der Waals surface area contributed by atoms with E-state index in [1.807, 2.05) is 19.2 Å². The molecule has 1 rings (SSSR count). The number of carbonyl (C=O) groups is 1. The van der Waals surface area contributed by atoms with Gasteiger partial charge in [0.05, 0.1) is 12.8 Å². The van der Waals surface area contributed by atoms with Gasteiger partial charge in [-0.3, -0.25) is 4.79 Å². The molecule has 0 saturated heterocycles. The second-order valence-corrected chi connectivity index (χ2v) is 3.54. The Morgan fingerprint density at radius 2 is 2.40 bits per heavy atom. The minimum atomic E-state index is 0.154. The van der Waals surface area contributed by atoms with E-state index in [0.717, 1.165) is 18.7 Å². The Labute approximate surface area is 90.3 Å². The SMILES string of the molecule is CNCCCC(=O)N(C)Cc1ccco1. The lowest BCUT2D eigenvalue weighted by Crippen LogP contribution is -2.26. The number of amides is 1. The first-order valence-electron chi connectivity index (χ1n) is 5.15. The van der Waals surface area contributed by atoms with E-state index in [9.17, 15) is 4.79 Å². The van der Waals surface area contributed by atoms with Crippen LogP contribution in [0.25, 0.3) is 0 Å². The van der Waals surface area contributed by atoms with Gasteiger partial charge in [0.15, 0.2) is 0 Å². The number of rotatable bonds is 6. The highest BCUT2D eigenvalue weighted by molar-refractivity contribution is 5.75. The van der Waals surface area contributed by atoms with Crippen molar-refractivity contribution in [3.63, 3.8) is 0 Å². The van der Waals surface area contributed by atoms with Gasteiger partial charge in [-0.15, -0.1) is 0 Å². The van der Waals surface area contributed by atoms with Crippen molar-refractivity contribution >= 4 is 5.91 Å². The Hall–Kier alpha value is -1.29. The zero-order chi connectivity index (χ0) is 11.1. The average molecular weight is 210 g/mol. The van der Waals surface area contributed by atoms with Crippen molar-refractivity contribution in [1.82, 2.24) is 10.2 Å². The molecule has 1 aromatic rings. The second kappa shape index (κ2) is 6.24. The molecule has 0 spiro atoms. The van der Waals surface area contributed by atoms with Gasteiger partial charge in [0.2, 0.25) is 5.91 Å². The molecule has 1 aromatic heterocycles. The average Bonchev–Trinajstić information content (AvgIpc) is 2.70. The second-order valence-electron chi connectivity index (χ2n) is 3.54. The molecule has 0 aromatic carbocycles. The first-order chi connectivity index (χ1) is 7.24. The first kappa shape index (κ1) is 11.8. The van der Waals surface area contributed by atoms with Crippen molar-refractivity contribution in [2.75, 3.05) is 20.6 Å². The van der Waals surface area contributed by atoms with Crippen molar-refractivity contribution in [3.8, 4) is 0 Å². The summed E-state index contributed by atoms with van der Waals surface area (Å²) in [7, 11) is 3.68. The first-order valence-corrected chi connectivity index (χ1v) is 5.15. The van der Waals surface area contributed by atoms with E-state index in [2.05, 4.69) is 5.32 Å². The standard InChI is InChI=1S/C11H18N2O2/c1-12-7-3-6-11(14)13(2)9-10-5-4-8-15-10/h4-5,8,12H,3,6-7,9H2,1-2H3. The van der Waals surface area contributed by atoms with Gasteiger partial charge in [0.25, 0.3) is 0 Å². The van der Waals surface area contributed by atoms with E-state index in [-0.39, 0.29) is 5.91 Å². The molecule has 0 saturated carbocycles. The number of nitrogens with one attached hydrogen (secondary N) is 1. The molecule has 1 heterocycles. The third kappa shape index (κ3) is 4.16. The zero-order valence-electron chi connectivity index (χ0n) is 9.32. The fourth-order valence-corrected chi connectivity index (χ4v) is 1.33. The monoisotopic (exact) mass is 210 g/mol. The van der Waals surface area contributed by atoms with Gasteiger partial charge in [-0.25, -0.2) is 0 Å². The van der Waals surface area contributed by atoms with E-state index in [1.165, 1.54) is 0 Å². The normalized spacial score (nSPS) is 10.3. The molecule has 0 atom stereocenters. The van der Waals surface area contributed by atoms with Crippen molar-refractivity contribution in [1.29, 1.82) is 0 Å². The Morgan fingerprint density at radius 3 is 3.00 bits per heavy atom. The molecule has 4 heteroatoms. The molecule has 15 heavy (non-hydrogen) atoms. The van der Waals surface area contributed by atoms with Crippen LogP contribution in [0.3, 0.4) is 0 Å². The van der Waals surface area contributed by atoms with E-state index in [1.54, 1.807) is 18.2 Å². The van der Waals surface area contributed by atoms with Gasteiger partial charge < -0.3 is 14.6 Å². The smallest absolute Gasteiger partial charge is 0.222 e. The van der Waals surface area contributed by atoms with Crippen LogP contribution in [0.4, 0.5) is 0 Å². The van der Waals surface area contributed by atoms with E-state index in [4.69, 9.17) is 4.42 Å². The highest BCUT2D eigenvalue weighted by atomic mass is 16.3. The van der Waals surface area contributed by atoms with Crippen molar-refractivity contribution in [2.45, 2.75) is 19.4 Å². The van der Waals surface area contributed by atoms with E-state index in [0.29, 0.717) is 13.0 Å². The Bertz CT molecular complexity index is 283. The van der Waals surface area contributed by atoms with E-state index >= 15 is 0 Å². The van der Waals surface area contributed by atoms with Gasteiger partial charge in [0.1, 0.15) is 5.76 Å². The van der Waals surface area contributed by atoms with Crippen LogP contribution >= 0.6 is 0 Å². The van der Waals surface area contributed by atoms with Crippen molar-refractivity contribution < 1.29 is 9.21 Å². The number of furan rings is 1. The molecular weight excluding hydrogens is 192 g/mol. The summed E-state index contributed by atoms with van der Waals surface area (Å²) in [6, 6.07) is 3.70. The highest BCUT2D eigenvalue weighted by Crippen LogP contribution is 2.05. The number of hydrogen-bond acceptors (Lipinski definition) is 3. The minimum Gasteiger partial charge on any atom is -0.467 e. The molecule has 84 valence electrons. The van der Waals surface area contributed by atoms with Crippen LogP contribution in [-0.4, -0.2) is 31.4 Å². The lowest BCUT2D eigenvalue weighted by atomic mass is 10.2. The topological polar surface area (TPSA) is 45.5 Å². The summed E-state index contributed by atoms with van der Waals surface area (Å²) in [5.41, 5.74) is 0. The largest absolute Gasteiger partial charge is 0.467 e. The Balaban J connectivity index is 2.27. The van der Waals surface area contributed by atoms with E-state index < -0.39 is 0 Å². The maximum absolute atomic E-state index is 11.6. The van der Waals surface area contributed by atoms with Crippen LogP contribution in [0.5, 0.6) is 0 Å². The maximum atomic E-state index is 11.6. The molecule has 0 bridgehead atoms. The molecule has 1 N–H and O–H groups in total. The summed E-state index contributed by atoms with van der Waals surface area (Å²) in [4.78, 5) is 13.3. The molecular formula is C11H18N2O2. The van der Waals surface area contributed by atoms with Gasteiger partial charge >= 0.3 is 0 Å². The lowest BCUT2D eigenvalue weighted by molar-refractivity contribution is -0.130. The summed E-state index contributed by atoms with van der Waals surface area (Å²) >= 11 is 0. The van der Waals surface area contributed by atoms with Crippen LogP contribution in [0.2, 0.25) is 0 Å². The fraction of sp³-hybridized carbons (Fsp3) is 0.545. The number of nitrogens with zero attached hydrogens (tertiary/aromatic N) is 1. The van der Waals surface area contributed by atoms with Crippen LogP contribution in [-0.2, 0) is 11.3 Å². The molecule has 4 nitrogen and oxygen atoms in total. The van der Waals surface area contributed by atoms with Crippen molar-refractivity contribution in [2.24, 2.45) is 0 Å². The molecule has 0 unspecified atom stereocenters. The molecule has 0 radical (unpaired) electrons. The predicted octanol–water partition coefficient (Wildman–Crippen LogP) is 1.24.